The summed E-state index contributed by atoms with van der Waals surface area (Å²) in [5, 5.41) is 9.60. The number of aliphatic carboxylic acids is 1. The van der Waals surface area contributed by atoms with Gasteiger partial charge in [0, 0.05) is 19.3 Å². The molecule has 0 amide bonds. The third-order valence-electron chi connectivity index (χ3n) is 8.75. The van der Waals surface area contributed by atoms with E-state index in [4.69, 9.17) is 14.2 Å². The first-order chi connectivity index (χ1) is 26.1. The fourth-order valence-electron chi connectivity index (χ4n) is 5.54. The summed E-state index contributed by atoms with van der Waals surface area (Å²) in [7, 11) is 5.50. The lowest BCUT2D eigenvalue weighted by Crippen LogP contribution is -2.50. The van der Waals surface area contributed by atoms with Crippen LogP contribution >= 0.6 is 0 Å². The van der Waals surface area contributed by atoms with Gasteiger partial charge in [-0.15, -0.1) is 0 Å². The van der Waals surface area contributed by atoms with Crippen LogP contribution in [0, 0.1) is 0 Å². The molecule has 54 heavy (non-hydrogen) atoms. The third kappa shape index (κ3) is 34.3. The van der Waals surface area contributed by atoms with Crippen LogP contribution in [0.25, 0.3) is 0 Å². The molecule has 0 aliphatic rings. The van der Waals surface area contributed by atoms with Crippen LogP contribution < -0.4 is 0 Å². The zero-order valence-corrected chi connectivity index (χ0v) is 34.6. The van der Waals surface area contributed by atoms with Gasteiger partial charge in [0.15, 0.2) is 12.1 Å². The van der Waals surface area contributed by atoms with Gasteiger partial charge in [-0.2, -0.15) is 0 Å². The molecule has 1 N–H and O–H groups in total. The molecule has 0 rings (SSSR count). The number of ether oxygens (including phenoxy) is 3. The van der Waals surface area contributed by atoms with Crippen molar-refractivity contribution in [2.24, 2.45) is 0 Å². The number of unbranched alkanes of at least 4 members (excludes halogenated alkanes) is 13. The van der Waals surface area contributed by atoms with Crippen molar-refractivity contribution < 1.29 is 38.2 Å². The lowest BCUT2D eigenvalue weighted by atomic mass is 10.1. The average Bonchev–Trinajstić information content (AvgIpc) is 3.12. The molecular formula is C46H76NO7+. The van der Waals surface area contributed by atoms with Gasteiger partial charge in [0.2, 0.25) is 0 Å². The van der Waals surface area contributed by atoms with Crippen molar-refractivity contribution in [2.75, 3.05) is 41.0 Å². The normalized spacial score (nSPS) is 13.9. The Hall–Kier alpha value is -3.49. The second-order valence-electron chi connectivity index (χ2n) is 14.7. The van der Waals surface area contributed by atoms with Crippen LogP contribution in [0.15, 0.2) is 85.1 Å². The van der Waals surface area contributed by atoms with E-state index in [0.29, 0.717) is 19.3 Å². The first-order valence-corrected chi connectivity index (χ1v) is 20.7. The van der Waals surface area contributed by atoms with E-state index in [9.17, 15) is 19.5 Å². The Morgan fingerprint density at radius 3 is 1.54 bits per heavy atom. The summed E-state index contributed by atoms with van der Waals surface area (Å²) in [4.78, 5) is 36.9. The van der Waals surface area contributed by atoms with Crippen molar-refractivity contribution >= 4 is 17.9 Å². The third-order valence-corrected chi connectivity index (χ3v) is 8.75. The van der Waals surface area contributed by atoms with Crippen molar-refractivity contribution in [2.45, 2.75) is 148 Å². The number of nitrogens with zero attached hydrogens (tertiary/aromatic N) is 1. The summed E-state index contributed by atoms with van der Waals surface area (Å²) in [6.45, 7) is 4.51. The molecule has 8 nitrogen and oxygen atoms in total. The molecule has 0 aliphatic heterocycles. The minimum Gasteiger partial charge on any atom is -0.477 e. The molecule has 0 aromatic heterocycles. The van der Waals surface area contributed by atoms with E-state index < -0.39 is 18.1 Å². The second kappa shape index (κ2) is 36.5. The summed E-state index contributed by atoms with van der Waals surface area (Å²) in [6, 6.07) is -0.624. The molecule has 306 valence electrons. The molecule has 0 saturated carbocycles. The second-order valence-corrected chi connectivity index (χ2v) is 14.7. The van der Waals surface area contributed by atoms with Crippen LogP contribution in [-0.2, 0) is 28.6 Å². The standard InChI is InChI=1S/C46H75NO7/c1-6-8-10-12-14-16-18-19-20-21-22-23-24-25-27-28-30-32-34-36-44(48)53-41-42(40-52-39-38-43(46(50)51)47(3,4)5)54-45(49)37-35-33-31-29-26-17-15-13-11-9-7-2/h8,10,12,14,16,18-25,27,42-43H,6-7,9,11,13,15,17,26,28-41H2,1-5H3/p+1/b10-8+,14-12+,18-16+,20-19+,22-21+,24-23+,27-25+. The van der Waals surface area contributed by atoms with E-state index >= 15 is 0 Å². The Kier molecular flexibility index (Phi) is 34.1. The van der Waals surface area contributed by atoms with Gasteiger partial charge in [-0.25, -0.2) is 4.79 Å². The van der Waals surface area contributed by atoms with Crippen molar-refractivity contribution in [1.29, 1.82) is 0 Å². The predicted octanol–water partition coefficient (Wildman–Crippen LogP) is 11.0. The number of carboxylic acid groups (broad SMARTS) is 1. The Balaban J connectivity index is 4.49. The molecule has 0 aliphatic carbocycles. The predicted molar refractivity (Wildman–Crippen MR) is 224 cm³/mol. The first-order valence-electron chi connectivity index (χ1n) is 20.7. The fourth-order valence-corrected chi connectivity index (χ4v) is 5.54. The highest BCUT2D eigenvalue weighted by Gasteiger charge is 2.31. The molecule has 0 bridgehead atoms. The smallest absolute Gasteiger partial charge is 0.362 e. The van der Waals surface area contributed by atoms with E-state index in [1.807, 2.05) is 94.1 Å². The van der Waals surface area contributed by atoms with Gasteiger partial charge in [-0.3, -0.25) is 9.59 Å². The zero-order chi connectivity index (χ0) is 40.0. The number of carbonyl (C=O) groups is 3. The Labute approximate surface area is 329 Å². The largest absolute Gasteiger partial charge is 0.477 e. The van der Waals surface area contributed by atoms with E-state index in [0.717, 1.165) is 51.4 Å². The van der Waals surface area contributed by atoms with Crippen LogP contribution in [0.4, 0.5) is 0 Å². The summed E-state index contributed by atoms with van der Waals surface area (Å²) in [6.07, 6.45) is 46.2. The Morgan fingerprint density at radius 2 is 1.04 bits per heavy atom. The summed E-state index contributed by atoms with van der Waals surface area (Å²) < 4.78 is 17.2. The minimum absolute atomic E-state index is 0.0423. The highest BCUT2D eigenvalue weighted by Crippen LogP contribution is 2.14. The molecule has 0 aromatic carbocycles. The molecule has 8 heteroatoms. The summed E-state index contributed by atoms with van der Waals surface area (Å²) in [5.41, 5.74) is 0. The molecule has 0 radical (unpaired) electrons. The van der Waals surface area contributed by atoms with Crippen molar-refractivity contribution in [3.05, 3.63) is 85.1 Å². The minimum atomic E-state index is -0.886. The SMILES string of the molecule is CC/C=C/C=C/C=C/C=C/C=C/C=C/C=C/CCCCCC(=O)OCC(COCCC(C(=O)O)[N+](C)(C)C)OC(=O)CCCCCCCCCCCCC. The molecule has 0 fully saturated rings. The Morgan fingerprint density at radius 1 is 0.574 bits per heavy atom. The van der Waals surface area contributed by atoms with Crippen LogP contribution in [0.2, 0.25) is 0 Å². The van der Waals surface area contributed by atoms with Gasteiger partial charge in [0.1, 0.15) is 6.61 Å². The molecule has 0 saturated heterocycles. The lowest BCUT2D eigenvalue weighted by molar-refractivity contribution is -0.887. The van der Waals surface area contributed by atoms with E-state index in [1.54, 1.807) is 0 Å². The quantitative estimate of drug-likeness (QED) is 0.0298. The topological polar surface area (TPSA) is 99.1 Å². The van der Waals surface area contributed by atoms with E-state index in [2.05, 4.69) is 26.0 Å². The van der Waals surface area contributed by atoms with Gasteiger partial charge < -0.3 is 23.8 Å². The molecule has 0 spiro atoms. The number of allylic oxidation sites excluding steroid dienone is 14. The maximum absolute atomic E-state index is 12.7. The molecule has 2 unspecified atom stereocenters. The van der Waals surface area contributed by atoms with Crippen molar-refractivity contribution in [3.8, 4) is 0 Å². The van der Waals surface area contributed by atoms with Gasteiger partial charge in [-0.05, 0) is 32.1 Å². The molecule has 0 heterocycles. The van der Waals surface area contributed by atoms with Crippen molar-refractivity contribution in [3.63, 3.8) is 0 Å². The highest BCUT2D eigenvalue weighted by atomic mass is 16.6. The van der Waals surface area contributed by atoms with Gasteiger partial charge in [-0.1, -0.05) is 170 Å². The maximum Gasteiger partial charge on any atom is 0.362 e. The first kappa shape index (κ1) is 50.5. The van der Waals surface area contributed by atoms with E-state index in [1.165, 1.54) is 51.4 Å². The number of quaternary nitrogens is 1. The maximum atomic E-state index is 12.7. The molecular weight excluding hydrogens is 679 g/mol. The van der Waals surface area contributed by atoms with Crippen LogP contribution in [0.1, 0.15) is 136 Å². The van der Waals surface area contributed by atoms with Gasteiger partial charge in [0.25, 0.3) is 0 Å². The van der Waals surface area contributed by atoms with Crippen LogP contribution in [0.3, 0.4) is 0 Å². The van der Waals surface area contributed by atoms with Gasteiger partial charge >= 0.3 is 17.9 Å². The number of rotatable bonds is 35. The number of hydrogen-bond donors (Lipinski definition) is 1. The van der Waals surface area contributed by atoms with Crippen LogP contribution in [-0.4, -0.2) is 80.6 Å². The average molecular weight is 755 g/mol. The molecule has 2 atom stereocenters. The lowest BCUT2D eigenvalue weighted by Gasteiger charge is -2.31. The summed E-state index contributed by atoms with van der Waals surface area (Å²) >= 11 is 0. The van der Waals surface area contributed by atoms with Gasteiger partial charge in [0.05, 0.1) is 34.4 Å². The number of likely N-dealkylation sites (N-methyl/N-ethyl adjacent to an activating group) is 1. The number of esters is 2. The summed E-state index contributed by atoms with van der Waals surface area (Å²) in [5.74, 6) is -1.54. The monoisotopic (exact) mass is 755 g/mol. The van der Waals surface area contributed by atoms with Crippen molar-refractivity contribution in [1.82, 2.24) is 0 Å². The highest BCUT2D eigenvalue weighted by molar-refractivity contribution is 5.72. The number of carboxylic acids is 1. The number of carbonyl (C=O) groups excluding carboxylic acids is 2. The molecule has 0 aromatic rings. The fraction of sp³-hybridized carbons (Fsp3) is 0.630. The Bertz CT molecular complexity index is 1160. The number of hydrogen-bond acceptors (Lipinski definition) is 6. The van der Waals surface area contributed by atoms with E-state index in [-0.39, 0.29) is 36.2 Å². The van der Waals surface area contributed by atoms with Crippen LogP contribution in [0.5, 0.6) is 0 Å². The zero-order valence-electron chi connectivity index (χ0n) is 34.6.